The maximum absolute atomic E-state index is 10.5. The molecule has 0 bridgehead atoms. The van der Waals surface area contributed by atoms with E-state index in [9.17, 15) is 4.79 Å². The number of nitrogens with two attached hydrogens (primary N) is 1. The predicted molar refractivity (Wildman–Crippen MR) is 77.3 cm³/mol. The van der Waals surface area contributed by atoms with E-state index in [1.165, 1.54) is 0 Å². The van der Waals surface area contributed by atoms with Crippen molar-refractivity contribution >= 4 is 5.97 Å². The highest BCUT2D eigenvalue weighted by Gasteiger charge is 2.14. The van der Waals surface area contributed by atoms with Gasteiger partial charge in [0.25, 0.3) is 0 Å². The molecular weight excluding hydrogens is 258 g/mol. The highest BCUT2D eigenvalue weighted by molar-refractivity contribution is 5.66. The number of unbranched alkanes of at least 4 members (excludes halogenated alkanes) is 1. The fraction of sp³-hybridized carbons (Fsp3) is 0.533. The van der Waals surface area contributed by atoms with Crippen molar-refractivity contribution in [3.63, 3.8) is 0 Å². The fourth-order valence-corrected chi connectivity index (χ4v) is 2.19. The molecule has 0 radical (unpaired) electrons. The molecule has 0 heterocycles. The van der Waals surface area contributed by atoms with Crippen LogP contribution in [0.2, 0.25) is 0 Å². The van der Waals surface area contributed by atoms with Crippen molar-refractivity contribution in [3.8, 4) is 11.5 Å². The molecule has 0 aliphatic heterocycles. The van der Waals surface area contributed by atoms with Crippen LogP contribution in [0.15, 0.2) is 12.1 Å². The molecule has 0 aromatic heterocycles. The van der Waals surface area contributed by atoms with Crippen molar-refractivity contribution in [2.75, 3.05) is 14.2 Å². The third-order valence-corrected chi connectivity index (χ3v) is 3.33. The molecule has 5 heteroatoms. The van der Waals surface area contributed by atoms with Gasteiger partial charge in [-0.15, -0.1) is 0 Å². The van der Waals surface area contributed by atoms with Crippen LogP contribution in [0.5, 0.6) is 11.5 Å². The average molecular weight is 281 g/mol. The largest absolute Gasteiger partial charge is 0.493 e. The third kappa shape index (κ3) is 4.42. The van der Waals surface area contributed by atoms with Crippen LogP contribution >= 0.6 is 0 Å². The summed E-state index contributed by atoms with van der Waals surface area (Å²) in [6.07, 6.45) is 2.39. The number of hydrogen-bond acceptors (Lipinski definition) is 4. The maximum Gasteiger partial charge on any atom is 0.303 e. The van der Waals surface area contributed by atoms with Crippen molar-refractivity contribution in [2.24, 2.45) is 5.73 Å². The van der Waals surface area contributed by atoms with Crippen LogP contribution in [0, 0.1) is 6.92 Å². The molecule has 0 saturated carbocycles. The van der Waals surface area contributed by atoms with Gasteiger partial charge in [-0.25, -0.2) is 0 Å². The van der Waals surface area contributed by atoms with E-state index < -0.39 is 5.97 Å². The summed E-state index contributed by atoms with van der Waals surface area (Å²) in [5.41, 5.74) is 8.25. The van der Waals surface area contributed by atoms with Crippen LogP contribution in [0.25, 0.3) is 0 Å². The van der Waals surface area contributed by atoms with Crippen LogP contribution in [-0.2, 0) is 4.79 Å². The van der Waals surface area contributed by atoms with Crippen molar-refractivity contribution < 1.29 is 19.4 Å². The number of aliphatic carboxylic acids is 1. The van der Waals surface area contributed by atoms with Crippen molar-refractivity contribution in [1.82, 2.24) is 0 Å². The molecule has 0 saturated heterocycles. The molecule has 0 amide bonds. The third-order valence-electron chi connectivity index (χ3n) is 3.33. The highest BCUT2D eigenvalue weighted by Crippen LogP contribution is 2.33. The monoisotopic (exact) mass is 281 g/mol. The molecule has 1 rings (SSSR count). The molecule has 3 N–H and O–H groups in total. The highest BCUT2D eigenvalue weighted by atomic mass is 16.5. The Hall–Kier alpha value is -1.75. The van der Waals surface area contributed by atoms with E-state index in [0.29, 0.717) is 17.9 Å². The predicted octanol–water partition coefficient (Wildman–Crippen LogP) is 2.66. The topological polar surface area (TPSA) is 81.8 Å². The number of ether oxygens (including phenoxy) is 2. The Morgan fingerprint density at radius 1 is 1.25 bits per heavy atom. The second-order valence-corrected chi connectivity index (χ2v) is 4.81. The Morgan fingerprint density at radius 3 is 2.40 bits per heavy atom. The standard InChI is InChI=1S/C15H23NO4/c1-10-8-13(19-2)14(20-3)9-11(10)12(16)6-4-5-7-15(17)18/h8-9,12H,4-7,16H2,1-3H3,(H,17,18). The van der Waals surface area contributed by atoms with Gasteiger partial charge < -0.3 is 20.3 Å². The smallest absolute Gasteiger partial charge is 0.303 e. The van der Waals surface area contributed by atoms with Gasteiger partial charge in [0.15, 0.2) is 11.5 Å². The molecule has 1 aromatic carbocycles. The molecular formula is C15H23NO4. The van der Waals surface area contributed by atoms with Gasteiger partial charge in [0.05, 0.1) is 14.2 Å². The SMILES string of the molecule is COc1cc(C)c(C(N)CCCCC(=O)O)cc1OC. The Kier molecular flexibility index (Phi) is 6.31. The van der Waals surface area contributed by atoms with Gasteiger partial charge in [0.2, 0.25) is 0 Å². The normalized spacial score (nSPS) is 12.0. The second kappa shape index (κ2) is 7.75. The molecule has 0 aliphatic carbocycles. The zero-order valence-electron chi connectivity index (χ0n) is 12.3. The molecule has 1 unspecified atom stereocenters. The first-order chi connectivity index (χ1) is 9.49. The van der Waals surface area contributed by atoms with E-state index in [0.717, 1.165) is 24.0 Å². The summed E-state index contributed by atoms with van der Waals surface area (Å²) in [6.45, 7) is 1.98. The Balaban J connectivity index is 2.72. The summed E-state index contributed by atoms with van der Waals surface area (Å²) in [7, 11) is 3.19. The van der Waals surface area contributed by atoms with Gasteiger partial charge in [-0.05, 0) is 43.0 Å². The Bertz CT molecular complexity index is 459. The number of aryl methyl sites for hydroxylation is 1. The van der Waals surface area contributed by atoms with Crippen LogP contribution in [0.1, 0.15) is 42.9 Å². The minimum absolute atomic E-state index is 0.122. The lowest BCUT2D eigenvalue weighted by atomic mass is 9.96. The van der Waals surface area contributed by atoms with Gasteiger partial charge in [-0.3, -0.25) is 4.79 Å². The van der Waals surface area contributed by atoms with Crippen LogP contribution in [-0.4, -0.2) is 25.3 Å². The van der Waals surface area contributed by atoms with E-state index in [-0.39, 0.29) is 12.5 Å². The van der Waals surface area contributed by atoms with Crippen molar-refractivity contribution in [1.29, 1.82) is 0 Å². The van der Waals surface area contributed by atoms with E-state index in [4.69, 9.17) is 20.3 Å². The van der Waals surface area contributed by atoms with Crippen LogP contribution in [0.3, 0.4) is 0 Å². The maximum atomic E-state index is 10.5. The minimum Gasteiger partial charge on any atom is -0.493 e. The lowest BCUT2D eigenvalue weighted by Crippen LogP contribution is -2.12. The molecule has 0 fully saturated rings. The molecule has 0 aliphatic rings. The number of carboxylic acid groups (broad SMARTS) is 1. The first kappa shape index (κ1) is 16.3. The summed E-state index contributed by atoms with van der Waals surface area (Å²) in [4.78, 5) is 10.5. The first-order valence-corrected chi connectivity index (χ1v) is 6.69. The van der Waals surface area contributed by atoms with Crippen molar-refractivity contribution in [3.05, 3.63) is 23.3 Å². The summed E-state index contributed by atoms with van der Waals surface area (Å²) in [5, 5.41) is 8.60. The molecule has 112 valence electrons. The van der Waals surface area contributed by atoms with E-state index in [1.54, 1.807) is 14.2 Å². The number of methoxy groups -OCH3 is 2. The van der Waals surface area contributed by atoms with Gasteiger partial charge in [0.1, 0.15) is 0 Å². The molecule has 1 atom stereocenters. The van der Waals surface area contributed by atoms with E-state index in [1.807, 2.05) is 19.1 Å². The number of benzene rings is 1. The lowest BCUT2D eigenvalue weighted by molar-refractivity contribution is -0.137. The van der Waals surface area contributed by atoms with Gasteiger partial charge >= 0.3 is 5.97 Å². The van der Waals surface area contributed by atoms with E-state index in [2.05, 4.69) is 0 Å². The van der Waals surface area contributed by atoms with Crippen LogP contribution < -0.4 is 15.2 Å². The molecule has 5 nitrogen and oxygen atoms in total. The Morgan fingerprint density at radius 2 is 1.85 bits per heavy atom. The number of carboxylic acids is 1. The fourth-order valence-electron chi connectivity index (χ4n) is 2.19. The summed E-state index contributed by atoms with van der Waals surface area (Å²) in [6, 6.07) is 3.69. The number of rotatable bonds is 8. The zero-order valence-corrected chi connectivity index (χ0v) is 12.3. The first-order valence-electron chi connectivity index (χ1n) is 6.69. The average Bonchev–Trinajstić information content (AvgIpc) is 2.42. The summed E-state index contributed by atoms with van der Waals surface area (Å²) in [5.74, 6) is 0.585. The van der Waals surface area contributed by atoms with Crippen molar-refractivity contribution in [2.45, 2.75) is 38.6 Å². The van der Waals surface area contributed by atoms with Gasteiger partial charge in [-0.1, -0.05) is 6.42 Å². The van der Waals surface area contributed by atoms with Gasteiger partial charge in [0, 0.05) is 12.5 Å². The second-order valence-electron chi connectivity index (χ2n) is 4.81. The lowest BCUT2D eigenvalue weighted by Gasteiger charge is -2.17. The summed E-state index contributed by atoms with van der Waals surface area (Å²) < 4.78 is 10.5. The zero-order chi connectivity index (χ0) is 15.1. The number of hydrogen-bond donors (Lipinski definition) is 2. The quantitative estimate of drug-likeness (QED) is 0.716. The molecule has 20 heavy (non-hydrogen) atoms. The van der Waals surface area contributed by atoms with Crippen LogP contribution in [0.4, 0.5) is 0 Å². The Labute approximate surface area is 119 Å². The molecule has 0 spiro atoms. The minimum atomic E-state index is -0.763. The van der Waals surface area contributed by atoms with E-state index >= 15 is 0 Å². The van der Waals surface area contributed by atoms with Gasteiger partial charge in [-0.2, -0.15) is 0 Å². The number of carbonyl (C=O) groups is 1. The molecule has 1 aromatic rings. The summed E-state index contributed by atoms with van der Waals surface area (Å²) >= 11 is 0.